The third kappa shape index (κ3) is 5.71. The van der Waals surface area contributed by atoms with Gasteiger partial charge in [-0.25, -0.2) is 0 Å². The van der Waals surface area contributed by atoms with Gasteiger partial charge in [0.25, 0.3) is 5.91 Å². The minimum atomic E-state index is -0.223. The molecule has 0 spiro atoms. The van der Waals surface area contributed by atoms with Gasteiger partial charge < -0.3 is 14.8 Å². The molecule has 4 rings (SSSR count). The van der Waals surface area contributed by atoms with E-state index in [2.05, 4.69) is 16.5 Å². The highest BCUT2D eigenvalue weighted by molar-refractivity contribution is 6.30. The number of amides is 1. The molecule has 0 atom stereocenters. The van der Waals surface area contributed by atoms with E-state index in [-0.39, 0.29) is 12.5 Å². The highest BCUT2D eigenvalue weighted by atomic mass is 35.5. The SMILES string of the molecule is COc1ccc(C(=O)Nc2c(C)nn(Cc3cccc(Cl)c3)c2C)cc1COc1cc(C)ccc1C. The average molecular weight is 504 g/mol. The first kappa shape index (κ1) is 25.3. The molecule has 7 heteroatoms. The number of aryl methyl sites for hydroxylation is 3. The minimum absolute atomic E-state index is 0.223. The van der Waals surface area contributed by atoms with E-state index < -0.39 is 0 Å². The summed E-state index contributed by atoms with van der Waals surface area (Å²) >= 11 is 6.13. The van der Waals surface area contributed by atoms with Crippen LogP contribution in [0.25, 0.3) is 0 Å². The predicted octanol–water partition coefficient (Wildman–Crippen LogP) is 6.66. The van der Waals surface area contributed by atoms with Crippen molar-refractivity contribution in [2.75, 3.05) is 12.4 Å². The van der Waals surface area contributed by atoms with Gasteiger partial charge in [-0.15, -0.1) is 0 Å². The van der Waals surface area contributed by atoms with Crippen molar-refractivity contribution in [3.8, 4) is 11.5 Å². The van der Waals surface area contributed by atoms with Crippen LogP contribution in [0, 0.1) is 27.7 Å². The molecule has 0 aliphatic heterocycles. The standard InChI is InChI=1S/C29H30ClN3O3/c1-18-9-10-19(2)27(13-18)36-17-24-15-23(11-12-26(24)35-5)29(34)31-28-20(3)32-33(21(28)4)16-22-7-6-8-25(30)14-22/h6-15H,16-17H2,1-5H3,(H,31,34). The maximum atomic E-state index is 13.2. The molecule has 1 heterocycles. The Labute approximate surface area is 216 Å². The zero-order valence-electron chi connectivity index (χ0n) is 21.2. The fourth-order valence-corrected chi connectivity index (χ4v) is 4.29. The van der Waals surface area contributed by atoms with Gasteiger partial charge in [0, 0.05) is 16.1 Å². The van der Waals surface area contributed by atoms with Gasteiger partial charge in [0.2, 0.25) is 0 Å². The number of anilines is 1. The Hall–Kier alpha value is -3.77. The van der Waals surface area contributed by atoms with Crippen molar-refractivity contribution < 1.29 is 14.3 Å². The van der Waals surface area contributed by atoms with Crippen LogP contribution >= 0.6 is 11.6 Å². The summed E-state index contributed by atoms with van der Waals surface area (Å²) in [5.41, 5.74) is 6.82. The molecule has 0 aliphatic carbocycles. The van der Waals surface area contributed by atoms with E-state index in [4.69, 9.17) is 21.1 Å². The Morgan fingerprint density at radius 1 is 1.00 bits per heavy atom. The molecule has 0 unspecified atom stereocenters. The van der Waals surface area contributed by atoms with Gasteiger partial charge in [-0.1, -0.05) is 35.9 Å². The van der Waals surface area contributed by atoms with E-state index in [9.17, 15) is 4.79 Å². The lowest BCUT2D eigenvalue weighted by atomic mass is 10.1. The largest absolute Gasteiger partial charge is 0.496 e. The molecule has 6 nitrogen and oxygen atoms in total. The topological polar surface area (TPSA) is 65.4 Å². The summed E-state index contributed by atoms with van der Waals surface area (Å²) in [5.74, 6) is 1.25. The average Bonchev–Trinajstić information content (AvgIpc) is 3.11. The number of halogens is 1. The number of hydrogen-bond donors (Lipinski definition) is 1. The molecule has 0 fully saturated rings. The van der Waals surface area contributed by atoms with E-state index >= 15 is 0 Å². The van der Waals surface area contributed by atoms with Crippen molar-refractivity contribution >= 4 is 23.2 Å². The van der Waals surface area contributed by atoms with Crippen LogP contribution in [0.2, 0.25) is 5.02 Å². The van der Waals surface area contributed by atoms with Gasteiger partial charge in [-0.3, -0.25) is 9.48 Å². The van der Waals surface area contributed by atoms with E-state index in [0.717, 1.165) is 39.4 Å². The summed E-state index contributed by atoms with van der Waals surface area (Å²) in [6.45, 7) is 8.70. The molecule has 1 N–H and O–H groups in total. The zero-order valence-corrected chi connectivity index (χ0v) is 21.9. The molecule has 0 bridgehead atoms. The molecule has 0 saturated carbocycles. The Morgan fingerprint density at radius 3 is 2.56 bits per heavy atom. The molecule has 1 aromatic heterocycles. The summed E-state index contributed by atoms with van der Waals surface area (Å²) in [4.78, 5) is 13.2. The number of ether oxygens (including phenoxy) is 2. The van der Waals surface area contributed by atoms with Crippen LogP contribution < -0.4 is 14.8 Å². The third-order valence-electron chi connectivity index (χ3n) is 6.11. The van der Waals surface area contributed by atoms with E-state index in [1.807, 2.05) is 68.8 Å². The Bertz CT molecular complexity index is 1410. The van der Waals surface area contributed by atoms with Crippen molar-refractivity contribution in [1.29, 1.82) is 0 Å². The lowest BCUT2D eigenvalue weighted by Gasteiger charge is -2.14. The first-order chi connectivity index (χ1) is 17.2. The highest BCUT2D eigenvalue weighted by Gasteiger charge is 2.17. The highest BCUT2D eigenvalue weighted by Crippen LogP contribution is 2.26. The van der Waals surface area contributed by atoms with Crippen LogP contribution in [0.3, 0.4) is 0 Å². The molecular weight excluding hydrogens is 474 g/mol. The van der Waals surface area contributed by atoms with Gasteiger partial charge >= 0.3 is 0 Å². The Balaban J connectivity index is 1.52. The molecule has 0 radical (unpaired) electrons. The lowest BCUT2D eigenvalue weighted by Crippen LogP contribution is -2.14. The normalized spacial score (nSPS) is 10.8. The third-order valence-corrected chi connectivity index (χ3v) is 6.35. The second kappa shape index (κ2) is 10.9. The number of rotatable bonds is 8. The number of carbonyl (C=O) groups excluding carboxylic acids is 1. The predicted molar refractivity (Wildman–Crippen MR) is 143 cm³/mol. The van der Waals surface area contributed by atoms with Gasteiger partial charge in [0.15, 0.2) is 0 Å². The van der Waals surface area contributed by atoms with Gasteiger partial charge in [0.05, 0.1) is 30.7 Å². The van der Waals surface area contributed by atoms with Crippen LogP contribution in [0.4, 0.5) is 5.69 Å². The second-order valence-electron chi connectivity index (χ2n) is 8.87. The summed E-state index contributed by atoms with van der Waals surface area (Å²) in [6.07, 6.45) is 0. The first-order valence-corrected chi connectivity index (χ1v) is 12.1. The second-order valence-corrected chi connectivity index (χ2v) is 9.31. The summed E-state index contributed by atoms with van der Waals surface area (Å²) in [7, 11) is 1.61. The van der Waals surface area contributed by atoms with Gasteiger partial charge in [-0.05, 0) is 80.8 Å². The van der Waals surface area contributed by atoms with Crippen LogP contribution in [-0.4, -0.2) is 22.8 Å². The minimum Gasteiger partial charge on any atom is -0.496 e. The summed E-state index contributed by atoms with van der Waals surface area (Å²) in [5, 5.41) is 8.34. The zero-order chi connectivity index (χ0) is 25.8. The fourth-order valence-electron chi connectivity index (χ4n) is 4.08. The molecular formula is C29H30ClN3O3. The van der Waals surface area contributed by atoms with Crippen LogP contribution in [-0.2, 0) is 13.2 Å². The van der Waals surface area contributed by atoms with E-state index in [1.165, 1.54) is 0 Å². The van der Waals surface area contributed by atoms with Crippen LogP contribution in [0.5, 0.6) is 11.5 Å². The number of nitrogens with zero attached hydrogens (tertiary/aromatic N) is 2. The number of carbonyl (C=O) groups is 1. The van der Waals surface area contributed by atoms with Crippen LogP contribution in [0.15, 0.2) is 60.7 Å². The van der Waals surface area contributed by atoms with Gasteiger partial charge in [0.1, 0.15) is 18.1 Å². The van der Waals surface area contributed by atoms with E-state index in [1.54, 1.807) is 25.3 Å². The quantitative estimate of drug-likeness (QED) is 0.292. The molecule has 0 aliphatic rings. The van der Waals surface area contributed by atoms with Gasteiger partial charge in [-0.2, -0.15) is 5.10 Å². The number of aromatic nitrogens is 2. The lowest BCUT2D eigenvalue weighted by molar-refractivity contribution is 0.102. The maximum absolute atomic E-state index is 13.2. The Kier molecular flexibility index (Phi) is 7.65. The summed E-state index contributed by atoms with van der Waals surface area (Å²) < 4.78 is 13.5. The monoisotopic (exact) mass is 503 g/mol. The molecule has 186 valence electrons. The number of methoxy groups -OCH3 is 1. The van der Waals surface area contributed by atoms with Crippen molar-refractivity contribution in [2.45, 2.75) is 40.8 Å². The maximum Gasteiger partial charge on any atom is 0.255 e. The van der Waals surface area contributed by atoms with Crippen molar-refractivity contribution in [2.24, 2.45) is 0 Å². The fraction of sp³-hybridized carbons (Fsp3) is 0.241. The number of hydrogen-bond acceptors (Lipinski definition) is 4. The number of nitrogens with one attached hydrogen (secondary N) is 1. The molecule has 1 amide bonds. The Morgan fingerprint density at radius 2 is 1.81 bits per heavy atom. The molecule has 36 heavy (non-hydrogen) atoms. The molecule has 3 aromatic carbocycles. The molecule has 0 saturated heterocycles. The van der Waals surface area contributed by atoms with Crippen LogP contribution in [0.1, 0.15) is 44.0 Å². The van der Waals surface area contributed by atoms with Crippen molar-refractivity contribution in [1.82, 2.24) is 9.78 Å². The molecule has 4 aromatic rings. The van der Waals surface area contributed by atoms with E-state index in [0.29, 0.717) is 28.6 Å². The smallest absolute Gasteiger partial charge is 0.255 e. The van der Waals surface area contributed by atoms with Crippen molar-refractivity contribution in [3.05, 3.63) is 105 Å². The number of benzene rings is 3. The summed E-state index contributed by atoms with van der Waals surface area (Å²) in [6, 6.07) is 19.1. The first-order valence-electron chi connectivity index (χ1n) is 11.7. The van der Waals surface area contributed by atoms with Crippen molar-refractivity contribution in [3.63, 3.8) is 0 Å².